The van der Waals surface area contributed by atoms with Gasteiger partial charge in [-0.3, -0.25) is 0 Å². The highest BCUT2D eigenvalue weighted by molar-refractivity contribution is 5.85. The van der Waals surface area contributed by atoms with Crippen molar-refractivity contribution < 1.29 is 9.47 Å². The molecule has 0 aliphatic carbocycles. The third-order valence-electron chi connectivity index (χ3n) is 4.25. The molecule has 0 heterocycles. The molecule has 0 aliphatic heterocycles. The molecule has 2 aromatic carbocycles. The Hall–Kier alpha value is -1.71. The second-order valence-corrected chi connectivity index (χ2v) is 6.35. The summed E-state index contributed by atoms with van der Waals surface area (Å²) in [4.78, 5) is 0. The molecule has 0 saturated carbocycles. The van der Waals surface area contributed by atoms with E-state index in [9.17, 15) is 0 Å². The average molecular weight is 378 g/mol. The summed E-state index contributed by atoms with van der Waals surface area (Å²) < 4.78 is 11.4. The van der Waals surface area contributed by atoms with Crippen molar-refractivity contribution in [2.45, 2.75) is 52.2 Å². The zero-order chi connectivity index (χ0) is 17.7. The van der Waals surface area contributed by atoms with Gasteiger partial charge in [0.1, 0.15) is 6.61 Å². The molecule has 0 unspecified atom stereocenters. The van der Waals surface area contributed by atoms with Gasteiger partial charge < -0.3 is 14.8 Å². The molecule has 0 saturated heterocycles. The van der Waals surface area contributed by atoms with Crippen LogP contribution in [0.4, 0.5) is 0 Å². The monoisotopic (exact) mass is 377 g/mol. The molecule has 0 spiro atoms. The van der Waals surface area contributed by atoms with Crippen LogP contribution in [0.5, 0.6) is 11.5 Å². The molecular weight excluding hydrogens is 346 g/mol. The third kappa shape index (κ3) is 8.11. The van der Waals surface area contributed by atoms with Gasteiger partial charge in [0.2, 0.25) is 0 Å². The molecule has 0 amide bonds. The van der Waals surface area contributed by atoms with Crippen molar-refractivity contribution in [3.63, 3.8) is 0 Å². The zero-order valence-electron chi connectivity index (χ0n) is 16.0. The largest absolute Gasteiger partial charge is 0.493 e. The second-order valence-electron chi connectivity index (χ2n) is 6.35. The van der Waals surface area contributed by atoms with E-state index in [0.717, 1.165) is 30.2 Å². The number of rotatable bonds is 12. The summed E-state index contributed by atoms with van der Waals surface area (Å²) in [5.74, 6) is 1.58. The van der Waals surface area contributed by atoms with Gasteiger partial charge in [0.05, 0.1) is 7.11 Å². The van der Waals surface area contributed by atoms with E-state index >= 15 is 0 Å². The minimum absolute atomic E-state index is 0. The number of hydrogen-bond acceptors (Lipinski definition) is 3. The van der Waals surface area contributed by atoms with Crippen LogP contribution >= 0.6 is 12.4 Å². The lowest BCUT2D eigenvalue weighted by atomic mass is 10.1. The molecule has 0 bridgehead atoms. The van der Waals surface area contributed by atoms with Crippen LogP contribution in [0, 0.1) is 0 Å². The minimum Gasteiger partial charge on any atom is -0.493 e. The zero-order valence-corrected chi connectivity index (χ0v) is 16.8. The number of hydrogen-bond donors (Lipinski definition) is 1. The average Bonchev–Trinajstić information content (AvgIpc) is 2.66. The number of benzene rings is 2. The van der Waals surface area contributed by atoms with Crippen molar-refractivity contribution in [3.8, 4) is 11.5 Å². The maximum absolute atomic E-state index is 5.90. The molecule has 0 atom stereocenters. The Labute approximate surface area is 164 Å². The summed E-state index contributed by atoms with van der Waals surface area (Å²) in [7, 11) is 1.69. The van der Waals surface area contributed by atoms with Crippen molar-refractivity contribution in [2.75, 3.05) is 13.7 Å². The molecule has 3 nitrogen and oxygen atoms in total. The van der Waals surface area contributed by atoms with Gasteiger partial charge in [0.15, 0.2) is 11.5 Å². The second kappa shape index (κ2) is 13.5. The van der Waals surface area contributed by atoms with Gasteiger partial charge in [-0.25, -0.2) is 0 Å². The fourth-order valence-corrected chi connectivity index (χ4v) is 2.76. The van der Waals surface area contributed by atoms with Crippen molar-refractivity contribution in [1.29, 1.82) is 0 Å². The molecule has 2 rings (SSSR count). The predicted molar refractivity (Wildman–Crippen MR) is 111 cm³/mol. The van der Waals surface area contributed by atoms with E-state index in [-0.39, 0.29) is 12.4 Å². The summed E-state index contributed by atoms with van der Waals surface area (Å²) >= 11 is 0. The lowest BCUT2D eigenvalue weighted by molar-refractivity contribution is 0.284. The van der Waals surface area contributed by atoms with Gasteiger partial charge in [0.25, 0.3) is 0 Å². The first-order chi connectivity index (χ1) is 12.3. The first-order valence-corrected chi connectivity index (χ1v) is 9.38. The van der Waals surface area contributed by atoms with Crippen molar-refractivity contribution in [3.05, 3.63) is 59.7 Å². The van der Waals surface area contributed by atoms with Crippen LogP contribution in [0.1, 0.15) is 50.2 Å². The van der Waals surface area contributed by atoms with Crippen LogP contribution in [0.3, 0.4) is 0 Å². The number of ether oxygens (including phenoxy) is 2. The Morgan fingerprint density at radius 3 is 2.35 bits per heavy atom. The number of halogens is 1. The molecule has 144 valence electrons. The van der Waals surface area contributed by atoms with E-state index in [1.807, 2.05) is 24.3 Å². The molecule has 0 aromatic heterocycles. The predicted octanol–water partition coefficient (Wildman–Crippen LogP) is 5.76. The Morgan fingerprint density at radius 1 is 0.846 bits per heavy atom. The van der Waals surface area contributed by atoms with Gasteiger partial charge >= 0.3 is 0 Å². The van der Waals surface area contributed by atoms with Crippen molar-refractivity contribution >= 4 is 12.4 Å². The Morgan fingerprint density at radius 2 is 1.62 bits per heavy atom. The number of methoxy groups -OCH3 is 1. The van der Waals surface area contributed by atoms with E-state index in [0.29, 0.717) is 6.61 Å². The summed E-state index contributed by atoms with van der Waals surface area (Å²) in [5, 5.41) is 3.51. The van der Waals surface area contributed by atoms with E-state index in [4.69, 9.17) is 9.47 Å². The molecule has 2 aromatic rings. The molecular formula is C22H32ClNO2. The SMILES string of the molecule is CCCCCCCNCc1ccc(OCc2ccccc2)c(OC)c1.Cl. The Balaban J connectivity index is 0.00000338. The first kappa shape index (κ1) is 22.3. The van der Waals surface area contributed by atoms with Crippen LogP contribution in [-0.2, 0) is 13.2 Å². The highest BCUT2D eigenvalue weighted by Gasteiger charge is 2.06. The molecule has 0 radical (unpaired) electrons. The highest BCUT2D eigenvalue weighted by atomic mass is 35.5. The van der Waals surface area contributed by atoms with Crippen LogP contribution < -0.4 is 14.8 Å². The fraction of sp³-hybridized carbons (Fsp3) is 0.455. The Bertz CT molecular complexity index is 604. The molecule has 0 fully saturated rings. The summed E-state index contributed by atoms with van der Waals surface area (Å²) in [5.41, 5.74) is 2.37. The van der Waals surface area contributed by atoms with Crippen molar-refractivity contribution in [2.24, 2.45) is 0 Å². The van der Waals surface area contributed by atoms with Crippen LogP contribution in [-0.4, -0.2) is 13.7 Å². The number of nitrogens with one attached hydrogen (secondary N) is 1. The molecule has 4 heteroatoms. The summed E-state index contributed by atoms with van der Waals surface area (Å²) in [6, 6.07) is 16.3. The standard InChI is InChI=1S/C22H31NO2.ClH/c1-3-4-5-6-10-15-23-17-20-13-14-21(22(16-20)24-2)25-18-19-11-8-7-9-12-19;/h7-9,11-14,16,23H,3-6,10,15,17-18H2,1-2H3;1H. The lowest BCUT2D eigenvalue weighted by Crippen LogP contribution is -2.14. The summed E-state index contributed by atoms with van der Waals surface area (Å²) in [6.45, 7) is 4.73. The van der Waals surface area contributed by atoms with Gasteiger partial charge in [-0.1, -0.05) is 69.0 Å². The minimum atomic E-state index is 0. The Kier molecular flexibility index (Phi) is 11.6. The first-order valence-electron chi connectivity index (χ1n) is 9.38. The smallest absolute Gasteiger partial charge is 0.161 e. The molecule has 1 N–H and O–H groups in total. The maximum Gasteiger partial charge on any atom is 0.161 e. The maximum atomic E-state index is 5.90. The van der Waals surface area contributed by atoms with E-state index < -0.39 is 0 Å². The quantitative estimate of drug-likeness (QED) is 0.477. The molecule has 0 aliphatic rings. The van der Waals surface area contributed by atoms with Crippen LogP contribution in [0.2, 0.25) is 0 Å². The number of unbranched alkanes of at least 4 members (excludes halogenated alkanes) is 4. The normalized spacial score (nSPS) is 10.2. The highest BCUT2D eigenvalue weighted by Crippen LogP contribution is 2.28. The van der Waals surface area contributed by atoms with E-state index in [1.165, 1.54) is 37.7 Å². The third-order valence-corrected chi connectivity index (χ3v) is 4.25. The van der Waals surface area contributed by atoms with Gasteiger partial charge in [-0.15, -0.1) is 12.4 Å². The molecule has 26 heavy (non-hydrogen) atoms. The van der Waals surface area contributed by atoms with Crippen molar-refractivity contribution in [1.82, 2.24) is 5.32 Å². The van der Waals surface area contributed by atoms with E-state index in [2.05, 4.69) is 36.5 Å². The van der Waals surface area contributed by atoms with Gasteiger partial charge in [0, 0.05) is 6.54 Å². The van der Waals surface area contributed by atoms with E-state index in [1.54, 1.807) is 7.11 Å². The van der Waals surface area contributed by atoms with Crippen LogP contribution in [0.15, 0.2) is 48.5 Å². The van der Waals surface area contributed by atoms with Crippen LogP contribution in [0.25, 0.3) is 0 Å². The topological polar surface area (TPSA) is 30.5 Å². The fourth-order valence-electron chi connectivity index (χ4n) is 2.76. The van der Waals surface area contributed by atoms with Gasteiger partial charge in [-0.05, 0) is 36.2 Å². The lowest BCUT2D eigenvalue weighted by Gasteiger charge is -2.13. The van der Waals surface area contributed by atoms with Gasteiger partial charge in [-0.2, -0.15) is 0 Å². The summed E-state index contributed by atoms with van der Waals surface area (Å²) in [6.07, 6.45) is 6.55.